The number of guanidine groups is 1. The molecule has 0 aromatic heterocycles. The number of alkyl halides is 5. The van der Waals surface area contributed by atoms with Gasteiger partial charge in [0.2, 0.25) is 11.8 Å². The molecule has 2 saturated carbocycles. The van der Waals surface area contributed by atoms with E-state index < -0.39 is 90.0 Å². The largest absolute Gasteiger partial charge is 0.481 e. The molecule has 38 heavy (non-hydrogen) atoms. The second-order valence-corrected chi connectivity index (χ2v) is 11.4. The number of nitrogens with one attached hydrogen (secondary N) is 4. The van der Waals surface area contributed by atoms with Crippen LogP contribution in [-0.4, -0.2) is 88.7 Å². The predicted octanol–water partition coefficient (Wildman–Crippen LogP) is 1.33. The molecule has 0 bridgehead atoms. The first-order valence-electron chi connectivity index (χ1n) is 12.7. The van der Waals surface area contributed by atoms with Crippen LogP contribution in [0.1, 0.15) is 44.9 Å². The maximum Gasteiger partial charge on any atom is 0.391 e. The highest BCUT2D eigenvalue weighted by atomic mass is 35.5. The van der Waals surface area contributed by atoms with Crippen LogP contribution in [-0.2, 0) is 14.4 Å². The summed E-state index contributed by atoms with van der Waals surface area (Å²) in [4.78, 5) is 41.0. The number of hydrogen-bond donors (Lipinski definition) is 6. The first-order valence-corrected chi connectivity index (χ1v) is 13.6. The minimum absolute atomic E-state index is 0.130. The third-order valence-corrected chi connectivity index (χ3v) is 8.07. The van der Waals surface area contributed by atoms with Crippen LogP contribution in [0, 0.1) is 17.8 Å². The van der Waals surface area contributed by atoms with E-state index in [4.69, 9.17) is 23.2 Å². The number of aliphatic carboxylic acids is 1. The summed E-state index contributed by atoms with van der Waals surface area (Å²) in [7, 11) is 0. The number of amides is 2. The summed E-state index contributed by atoms with van der Waals surface area (Å²) in [5, 5.41) is 29.5. The van der Waals surface area contributed by atoms with Crippen LogP contribution in [0.4, 0.5) is 13.2 Å². The number of rotatable bonds is 8. The molecule has 0 radical (unpaired) electrons. The van der Waals surface area contributed by atoms with Crippen LogP contribution in [0.3, 0.4) is 0 Å². The zero-order chi connectivity index (χ0) is 28.0. The number of carbonyl (C=O) groups is 3. The molecule has 3 aliphatic rings. The lowest BCUT2D eigenvalue weighted by Crippen LogP contribution is -2.54. The van der Waals surface area contributed by atoms with E-state index in [0.29, 0.717) is 25.5 Å². The average Bonchev–Trinajstić information content (AvgIpc) is 2.84. The number of hydrogen-bond acceptors (Lipinski definition) is 7. The second kappa shape index (κ2) is 13.4. The summed E-state index contributed by atoms with van der Waals surface area (Å²) in [6.45, 7) is 0.645. The molecule has 0 saturated heterocycles. The maximum absolute atomic E-state index is 13.6. The monoisotopic (exact) mass is 587 g/mol. The molecule has 10 nitrogen and oxygen atoms in total. The molecular formula is C23H34Cl2F3N5O5. The van der Waals surface area contributed by atoms with Crippen molar-refractivity contribution in [1.29, 1.82) is 0 Å². The quantitative estimate of drug-likeness (QED) is 0.234. The van der Waals surface area contributed by atoms with Crippen molar-refractivity contribution < 1.29 is 37.8 Å². The molecule has 8 atom stereocenters. The van der Waals surface area contributed by atoms with E-state index in [9.17, 15) is 37.8 Å². The van der Waals surface area contributed by atoms with E-state index in [1.807, 2.05) is 0 Å². The first-order chi connectivity index (χ1) is 17.8. The zero-order valence-corrected chi connectivity index (χ0v) is 22.2. The molecule has 2 fully saturated rings. The number of carboxylic acids is 1. The van der Waals surface area contributed by atoms with Crippen LogP contribution in [0.5, 0.6) is 0 Å². The van der Waals surface area contributed by atoms with E-state index in [-0.39, 0.29) is 19.3 Å². The molecule has 2 amide bonds. The molecule has 0 aromatic carbocycles. The molecule has 3 rings (SSSR count). The number of aliphatic imine (C=N–C) groups is 1. The molecule has 8 unspecified atom stereocenters. The number of carbonyl (C=O) groups excluding carboxylic acids is 2. The van der Waals surface area contributed by atoms with E-state index in [1.165, 1.54) is 0 Å². The van der Waals surface area contributed by atoms with Crippen molar-refractivity contribution in [3.05, 3.63) is 0 Å². The Morgan fingerprint density at radius 1 is 1.13 bits per heavy atom. The summed E-state index contributed by atoms with van der Waals surface area (Å²) in [6.07, 6.45) is -5.18. The van der Waals surface area contributed by atoms with Crippen molar-refractivity contribution in [2.24, 2.45) is 22.7 Å². The van der Waals surface area contributed by atoms with Gasteiger partial charge in [0.15, 0.2) is 5.96 Å². The van der Waals surface area contributed by atoms with Crippen LogP contribution < -0.4 is 21.3 Å². The fourth-order valence-corrected chi connectivity index (χ4v) is 6.28. The van der Waals surface area contributed by atoms with Gasteiger partial charge in [-0.3, -0.25) is 19.4 Å². The third kappa shape index (κ3) is 8.77. The smallest absolute Gasteiger partial charge is 0.391 e. The minimum atomic E-state index is -4.48. The number of carboxylic acid groups (broad SMARTS) is 1. The molecule has 2 aliphatic carbocycles. The van der Waals surface area contributed by atoms with E-state index >= 15 is 0 Å². The summed E-state index contributed by atoms with van der Waals surface area (Å²) < 4.78 is 40.8. The van der Waals surface area contributed by atoms with Crippen molar-refractivity contribution in [3.63, 3.8) is 0 Å². The van der Waals surface area contributed by atoms with Gasteiger partial charge in [0.25, 0.3) is 0 Å². The Labute approximate surface area is 228 Å². The van der Waals surface area contributed by atoms with Crippen LogP contribution in [0.2, 0.25) is 0 Å². The Bertz CT molecular complexity index is 896. The highest BCUT2D eigenvalue weighted by Gasteiger charge is 2.47. The molecule has 216 valence electrons. The Morgan fingerprint density at radius 3 is 2.50 bits per heavy atom. The topological polar surface area (TPSA) is 152 Å². The van der Waals surface area contributed by atoms with Crippen LogP contribution in [0.25, 0.3) is 0 Å². The average molecular weight is 588 g/mol. The first kappa shape index (κ1) is 30.6. The lowest BCUT2D eigenvalue weighted by Gasteiger charge is -2.38. The van der Waals surface area contributed by atoms with Gasteiger partial charge in [-0.25, -0.2) is 0 Å². The summed E-state index contributed by atoms with van der Waals surface area (Å²) in [5.41, 5.74) is 0. The predicted molar refractivity (Wildman–Crippen MR) is 134 cm³/mol. The van der Waals surface area contributed by atoms with E-state index in [0.717, 1.165) is 6.42 Å². The van der Waals surface area contributed by atoms with Crippen molar-refractivity contribution in [1.82, 2.24) is 21.3 Å². The Hall–Kier alpha value is -1.99. The van der Waals surface area contributed by atoms with Gasteiger partial charge in [-0.1, -0.05) is 0 Å². The Morgan fingerprint density at radius 2 is 1.87 bits per heavy atom. The zero-order valence-electron chi connectivity index (χ0n) is 20.6. The molecule has 15 heteroatoms. The number of aliphatic hydroxyl groups excluding tert-OH is 1. The van der Waals surface area contributed by atoms with Gasteiger partial charge in [-0.05, 0) is 38.5 Å². The van der Waals surface area contributed by atoms with Crippen molar-refractivity contribution >= 4 is 46.9 Å². The van der Waals surface area contributed by atoms with Gasteiger partial charge in [0.05, 0.1) is 30.4 Å². The maximum atomic E-state index is 13.6. The fraction of sp³-hybridized carbons (Fsp3) is 0.826. The fourth-order valence-electron chi connectivity index (χ4n) is 5.39. The molecular weight excluding hydrogens is 554 g/mol. The van der Waals surface area contributed by atoms with Gasteiger partial charge < -0.3 is 31.5 Å². The summed E-state index contributed by atoms with van der Waals surface area (Å²) in [5.74, 6) is -5.65. The van der Waals surface area contributed by atoms with Gasteiger partial charge in [-0.15, -0.1) is 23.2 Å². The molecule has 1 aliphatic heterocycles. The Balaban J connectivity index is 1.59. The van der Waals surface area contributed by atoms with E-state index in [1.54, 1.807) is 0 Å². The van der Waals surface area contributed by atoms with Crippen molar-refractivity contribution in [2.75, 3.05) is 19.6 Å². The number of nitrogens with zero attached hydrogens (tertiary/aromatic N) is 1. The van der Waals surface area contributed by atoms with Crippen LogP contribution >= 0.6 is 23.2 Å². The van der Waals surface area contributed by atoms with Gasteiger partial charge in [0, 0.05) is 42.4 Å². The molecule has 0 spiro atoms. The number of halogens is 5. The van der Waals surface area contributed by atoms with Gasteiger partial charge >= 0.3 is 12.1 Å². The highest BCUT2D eigenvalue weighted by molar-refractivity contribution is 6.24. The lowest BCUT2D eigenvalue weighted by atomic mass is 9.77. The molecule has 0 aromatic rings. The summed E-state index contributed by atoms with van der Waals surface area (Å²) in [6, 6.07) is -1.64. The lowest BCUT2D eigenvalue weighted by molar-refractivity contribution is -0.188. The number of aliphatic hydroxyl groups is 1. The third-order valence-electron chi connectivity index (χ3n) is 7.28. The van der Waals surface area contributed by atoms with Gasteiger partial charge in [0.1, 0.15) is 0 Å². The van der Waals surface area contributed by atoms with Gasteiger partial charge in [-0.2, -0.15) is 13.2 Å². The molecule has 1 heterocycles. The highest BCUT2D eigenvalue weighted by Crippen LogP contribution is 2.40. The SMILES string of the molecule is O=C(O)CC(NC(=O)CNC(=O)C1CC(NC2=NCCCN2)CC(C(F)(F)F)C1)C1CC(Cl)CC(Cl)C1O. The van der Waals surface area contributed by atoms with Crippen LogP contribution in [0.15, 0.2) is 4.99 Å². The second-order valence-electron chi connectivity index (χ2n) is 10.2. The standard InChI is InChI=1S/C23H34Cl2F3N5O5/c24-13-7-15(20(37)16(25)8-13)17(9-19(35)36)33-18(34)10-31-21(38)11-4-12(23(26,27)28)6-14(5-11)32-22-29-2-1-3-30-22/h11-17,20,37H,1-10H2,(H,31,38)(H,33,34)(H,35,36)(H2,29,30,32). The molecule has 6 N–H and O–H groups in total. The minimum Gasteiger partial charge on any atom is -0.481 e. The van der Waals surface area contributed by atoms with Crippen molar-refractivity contribution in [3.8, 4) is 0 Å². The van der Waals surface area contributed by atoms with Crippen molar-refractivity contribution in [2.45, 2.75) is 80.1 Å². The van der Waals surface area contributed by atoms with E-state index in [2.05, 4.69) is 26.3 Å². The Kier molecular flexibility index (Phi) is 10.8. The summed E-state index contributed by atoms with van der Waals surface area (Å²) >= 11 is 12.3. The normalized spacial score (nSPS) is 32.8.